The quantitative estimate of drug-likeness (QED) is 0.817. The number of hydrogen-bond donors (Lipinski definition) is 2. The molecule has 94 valence electrons. The van der Waals surface area contributed by atoms with E-state index in [0.717, 1.165) is 18.8 Å². The van der Waals surface area contributed by atoms with Gasteiger partial charge in [-0.3, -0.25) is 4.98 Å². The third-order valence-corrected chi connectivity index (χ3v) is 3.74. The number of nitrogens with one attached hydrogen (secondary N) is 1. The Morgan fingerprint density at radius 2 is 2.18 bits per heavy atom. The summed E-state index contributed by atoms with van der Waals surface area (Å²) in [7, 11) is 0. The molecular formula is C14H22N2O. The van der Waals surface area contributed by atoms with Crippen molar-refractivity contribution < 1.29 is 5.11 Å². The normalized spacial score (nSPS) is 24.1. The van der Waals surface area contributed by atoms with Crippen LogP contribution in [-0.2, 0) is 6.54 Å². The van der Waals surface area contributed by atoms with Gasteiger partial charge in [-0.2, -0.15) is 0 Å². The van der Waals surface area contributed by atoms with E-state index in [1.807, 2.05) is 6.20 Å². The first-order chi connectivity index (χ1) is 8.29. The zero-order valence-corrected chi connectivity index (χ0v) is 10.5. The van der Waals surface area contributed by atoms with Gasteiger partial charge in [-0.05, 0) is 49.8 Å². The fourth-order valence-corrected chi connectivity index (χ4v) is 2.61. The van der Waals surface area contributed by atoms with E-state index in [2.05, 4.69) is 29.4 Å². The van der Waals surface area contributed by atoms with E-state index in [1.54, 1.807) is 0 Å². The number of aliphatic hydroxyl groups is 1. The molecule has 17 heavy (non-hydrogen) atoms. The Bertz CT molecular complexity index is 337. The lowest BCUT2D eigenvalue weighted by atomic mass is 9.97. The Balaban J connectivity index is 1.74. The summed E-state index contributed by atoms with van der Waals surface area (Å²) in [5.41, 5.74) is 2.29. The summed E-state index contributed by atoms with van der Waals surface area (Å²) in [5, 5.41) is 12.7. The van der Waals surface area contributed by atoms with Crippen LogP contribution in [0, 0.1) is 18.8 Å². The van der Waals surface area contributed by atoms with Crippen molar-refractivity contribution in [3.8, 4) is 0 Å². The van der Waals surface area contributed by atoms with Gasteiger partial charge in [0.25, 0.3) is 0 Å². The zero-order valence-electron chi connectivity index (χ0n) is 10.5. The Labute approximate surface area is 103 Å². The molecule has 1 aliphatic rings. The number of aryl methyl sites for hydroxylation is 1. The van der Waals surface area contributed by atoms with Crippen LogP contribution in [0.25, 0.3) is 0 Å². The van der Waals surface area contributed by atoms with E-state index in [4.69, 9.17) is 0 Å². The van der Waals surface area contributed by atoms with Gasteiger partial charge in [0.15, 0.2) is 0 Å². The van der Waals surface area contributed by atoms with Crippen molar-refractivity contribution in [2.24, 2.45) is 11.8 Å². The summed E-state index contributed by atoms with van der Waals surface area (Å²) in [6.07, 6.45) is 5.61. The molecule has 1 aromatic rings. The van der Waals surface area contributed by atoms with Crippen LogP contribution in [-0.4, -0.2) is 23.2 Å². The summed E-state index contributed by atoms with van der Waals surface area (Å²) >= 11 is 0. The molecular weight excluding hydrogens is 212 g/mol. The lowest BCUT2D eigenvalue weighted by Gasteiger charge is -2.17. The number of aliphatic hydroxyl groups excluding tert-OH is 1. The molecule has 0 radical (unpaired) electrons. The molecule has 3 heteroatoms. The van der Waals surface area contributed by atoms with E-state index in [1.165, 1.54) is 24.8 Å². The smallest absolute Gasteiger partial charge is 0.0541 e. The molecule has 1 saturated carbocycles. The van der Waals surface area contributed by atoms with E-state index in [9.17, 15) is 5.11 Å². The van der Waals surface area contributed by atoms with Gasteiger partial charge < -0.3 is 10.4 Å². The van der Waals surface area contributed by atoms with E-state index < -0.39 is 0 Å². The Hall–Kier alpha value is -0.930. The second kappa shape index (κ2) is 6.12. The maximum Gasteiger partial charge on any atom is 0.0541 e. The van der Waals surface area contributed by atoms with Crippen LogP contribution in [0.5, 0.6) is 0 Å². The molecule has 0 amide bonds. The third kappa shape index (κ3) is 3.51. The second-order valence-electron chi connectivity index (χ2n) is 5.09. The first-order valence-electron chi connectivity index (χ1n) is 6.52. The summed E-state index contributed by atoms with van der Waals surface area (Å²) < 4.78 is 0. The highest BCUT2D eigenvalue weighted by molar-refractivity contribution is 5.11. The maximum absolute atomic E-state index is 9.24. The summed E-state index contributed by atoms with van der Waals surface area (Å²) in [6.45, 7) is 4.22. The van der Waals surface area contributed by atoms with Crippen LogP contribution in [0.2, 0.25) is 0 Å². The van der Waals surface area contributed by atoms with Crippen molar-refractivity contribution in [3.63, 3.8) is 0 Å². The van der Waals surface area contributed by atoms with Crippen molar-refractivity contribution in [2.45, 2.75) is 32.7 Å². The minimum absolute atomic E-state index is 0.342. The molecule has 0 saturated heterocycles. The SMILES string of the molecule is Cc1ccc(CNCC2CCCC2CO)nc1. The molecule has 3 nitrogen and oxygen atoms in total. The number of aromatic nitrogens is 1. The molecule has 1 fully saturated rings. The minimum atomic E-state index is 0.342. The van der Waals surface area contributed by atoms with Crippen molar-refractivity contribution in [2.75, 3.05) is 13.2 Å². The zero-order chi connectivity index (χ0) is 12.1. The van der Waals surface area contributed by atoms with Gasteiger partial charge in [-0.1, -0.05) is 12.5 Å². The van der Waals surface area contributed by atoms with Gasteiger partial charge in [0.05, 0.1) is 5.69 Å². The van der Waals surface area contributed by atoms with E-state index >= 15 is 0 Å². The standard InChI is InChI=1S/C14H22N2O/c1-11-5-6-14(16-7-11)9-15-8-12-3-2-4-13(12)10-17/h5-7,12-13,15,17H,2-4,8-10H2,1H3. The van der Waals surface area contributed by atoms with E-state index in [-0.39, 0.29) is 0 Å². The van der Waals surface area contributed by atoms with Gasteiger partial charge >= 0.3 is 0 Å². The van der Waals surface area contributed by atoms with Crippen molar-refractivity contribution in [1.29, 1.82) is 0 Å². The van der Waals surface area contributed by atoms with Gasteiger partial charge in [0, 0.05) is 19.3 Å². The molecule has 1 aliphatic carbocycles. The third-order valence-electron chi connectivity index (χ3n) is 3.74. The molecule has 0 aliphatic heterocycles. The average molecular weight is 234 g/mol. The molecule has 2 atom stereocenters. The molecule has 2 N–H and O–H groups in total. The first-order valence-corrected chi connectivity index (χ1v) is 6.52. The lowest BCUT2D eigenvalue weighted by Crippen LogP contribution is -2.26. The molecule has 2 rings (SSSR count). The molecule has 1 aromatic heterocycles. The topological polar surface area (TPSA) is 45.1 Å². The Morgan fingerprint density at radius 3 is 2.88 bits per heavy atom. The summed E-state index contributed by atoms with van der Waals surface area (Å²) in [6, 6.07) is 4.16. The maximum atomic E-state index is 9.24. The number of pyridine rings is 1. The first kappa shape index (κ1) is 12.5. The average Bonchev–Trinajstić information content (AvgIpc) is 2.79. The van der Waals surface area contributed by atoms with Crippen molar-refractivity contribution in [3.05, 3.63) is 29.6 Å². The fourth-order valence-electron chi connectivity index (χ4n) is 2.61. The summed E-state index contributed by atoms with van der Waals surface area (Å²) in [4.78, 5) is 4.37. The van der Waals surface area contributed by atoms with Crippen molar-refractivity contribution >= 4 is 0 Å². The number of hydrogen-bond acceptors (Lipinski definition) is 3. The van der Waals surface area contributed by atoms with Gasteiger partial charge in [-0.25, -0.2) is 0 Å². The van der Waals surface area contributed by atoms with Crippen LogP contribution in [0.1, 0.15) is 30.5 Å². The molecule has 1 heterocycles. The predicted octanol–water partition coefficient (Wildman–Crippen LogP) is 1.89. The molecule has 0 bridgehead atoms. The minimum Gasteiger partial charge on any atom is -0.396 e. The fraction of sp³-hybridized carbons (Fsp3) is 0.643. The van der Waals surface area contributed by atoms with Crippen LogP contribution >= 0.6 is 0 Å². The van der Waals surface area contributed by atoms with Gasteiger partial charge in [0.2, 0.25) is 0 Å². The number of rotatable bonds is 5. The highest BCUT2D eigenvalue weighted by Crippen LogP contribution is 2.30. The highest BCUT2D eigenvalue weighted by Gasteiger charge is 2.25. The monoisotopic (exact) mass is 234 g/mol. The predicted molar refractivity (Wildman–Crippen MR) is 68.6 cm³/mol. The van der Waals surface area contributed by atoms with Gasteiger partial charge in [0.1, 0.15) is 0 Å². The van der Waals surface area contributed by atoms with Crippen LogP contribution in [0.4, 0.5) is 0 Å². The van der Waals surface area contributed by atoms with Crippen LogP contribution in [0.15, 0.2) is 18.3 Å². The molecule has 0 aromatic carbocycles. The second-order valence-corrected chi connectivity index (χ2v) is 5.09. The van der Waals surface area contributed by atoms with Gasteiger partial charge in [-0.15, -0.1) is 0 Å². The van der Waals surface area contributed by atoms with E-state index in [0.29, 0.717) is 18.4 Å². The van der Waals surface area contributed by atoms with Crippen molar-refractivity contribution in [1.82, 2.24) is 10.3 Å². The largest absolute Gasteiger partial charge is 0.396 e. The Kier molecular flexibility index (Phi) is 4.51. The molecule has 2 unspecified atom stereocenters. The molecule has 0 spiro atoms. The number of nitrogens with zero attached hydrogens (tertiary/aromatic N) is 1. The highest BCUT2D eigenvalue weighted by atomic mass is 16.3. The van der Waals surface area contributed by atoms with Crippen LogP contribution in [0.3, 0.4) is 0 Å². The van der Waals surface area contributed by atoms with Crippen LogP contribution < -0.4 is 5.32 Å². The lowest BCUT2D eigenvalue weighted by molar-refractivity contribution is 0.192. The summed E-state index contributed by atoms with van der Waals surface area (Å²) in [5.74, 6) is 1.15. The Morgan fingerprint density at radius 1 is 1.35 bits per heavy atom.